The zero-order valence-electron chi connectivity index (χ0n) is 15.0. The molecule has 0 fully saturated rings. The van der Waals surface area contributed by atoms with Gasteiger partial charge in [-0.25, -0.2) is 4.79 Å². The first-order chi connectivity index (χ1) is 12.1. The first-order valence-electron chi connectivity index (χ1n) is 9.41. The van der Waals surface area contributed by atoms with Crippen molar-refractivity contribution >= 4 is 17.6 Å². The second kappa shape index (κ2) is 12.9. The predicted molar refractivity (Wildman–Crippen MR) is 102 cm³/mol. The van der Waals surface area contributed by atoms with Gasteiger partial charge < -0.3 is 15.3 Å². The minimum atomic E-state index is -1.20. The first-order valence-corrected chi connectivity index (χ1v) is 9.94. The molecule has 0 atom stereocenters. The van der Waals surface area contributed by atoms with Crippen LogP contribution in [0.15, 0.2) is 12.1 Å². The summed E-state index contributed by atoms with van der Waals surface area (Å²) in [5.74, 6) is -1.34. The van der Waals surface area contributed by atoms with Crippen molar-refractivity contribution in [2.24, 2.45) is 0 Å². The van der Waals surface area contributed by atoms with Crippen molar-refractivity contribution in [1.29, 1.82) is 0 Å². The van der Waals surface area contributed by atoms with E-state index >= 15 is 0 Å². The number of rotatable bonds is 14. The minimum absolute atomic E-state index is 0.172. The monoisotopic (exact) mass is 370 g/mol. The van der Waals surface area contributed by atoms with Gasteiger partial charge in [0.15, 0.2) is 11.5 Å². The maximum absolute atomic E-state index is 11.2. The summed E-state index contributed by atoms with van der Waals surface area (Å²) in [4.78, 5) is 11.2. The molecule has 1 rings (SSSR count). The number of phenols is 2. The lowest BCUT2D eigenvalue weighted by Gasteiger charge is -2.09. The zero-order valence-corrected chi connectivity index (χ0v) is 15.7. The molecular weight excluding hydrogens is 340 g/mol. The third kappa shape index (κ3) is 8.48. The zero-order chi connectivity index (χ0) is 18.5. The number of phenolic OH excluding ortho intramolecular Hbond substituents is 1. The van der Waals surface area contributed by atoms with Gasteiger partial charge in [0.25, 0.3) is 0 Å². The Bertz CT molecular complexity index is 517. The van der Waals surface area contributed by atoms with Crippen LogP contribution >= 0.6 is 11.6 Å². The van der Waals surface area contributed by atoms with E-state index in [4.69, 9.17) is 11.6 Å². The Morgan fingerprint density at radius 2 is 1.28 bits per heavy atom. The summed E-state index contributed by atoms with van der Waals surface area (Å²) in [7, 11) is 0. The van der Waals surface area contributed by atoms with Crippen LogP contribution in [0.25, 0.3) is 0 Å². The summed E-state index contributed by atoms with van der Waals surface area (Å²) < 4.78 is 0. The van der Waals surface area contributed by atoms with Crippen molar-refractivity contribution in [2.45, 2.75) is 77.0 Å². The third-order valence-corrected chi connectivity index (χ3v) is 4.80. The van der Waals surface area contributed by atoms with Gasteiger partial charge in [-0.1, -0.05) is 63.9 Å². The standard InChI is InChI=1S/C20H31ClO4/c21-15-11-9-7-5-3-1-2-4-6-8-10-12-16-13-14-17(22)19(23)18(16)20(24)25/h13-14,22-23H,1-12,15H2,(H,24,25). The smallest absolute Gasteiger partial charge is 0.339 e. The van der Waals surface area contributed by atoms with Crippen LogP contribution in [0.4, 0.5) is 0 Å². The fourth-order valence-electron chi connectivity index (χ4n) is 3.07. The number of hydrogen-bond donors (Lipinski definition) is 3. The molecule has 0 saturated heterocycles. The molecule has 0 amide bonds. The number of halogens is 1. The fourth-order valence-corrected chi connectivity index (χ4v) is 3.26. The predicted octanol–water partition coefficient (Wildman–Crippen LogP) is 5.87. The van der Waals surface area contributed by atoms with E-state index in [1.54, 1.807) is 6.07 Å². The van der Waals surface area contributed by atoms with Gasteiger partial charge in [-0.15, -0.1) is 11.6 Å². The molecule has 0 unspecified atom stereocenters. The van der Waals surface area contributed by atoms with E-state index in [1.807, 2.05) is 0 Å². The number of alkyl halides is 1. The Balaban J connectivity index is 2.13. The summed E-state index contributed by atoms with van der Waals surface area (Å²) in [6, 6.07) is 2.94. The minimum Gasteiger partial charge on any atom is -0.504 e. The molecule has 4 nitrogen and oxygen atoms in total. The number of carboxylic acid groups (broad SMARTS) is 1. The lowest BCUT2D eigenvalue weighted by Crippen LogP contribution is -2.03. The number of aryl methyl sites for hydroxylation is 1. The average molecular weight is 371 g/mol. The molecule has 1 aromatic rings. The number of aromatic hydroxyl groups is 2. The van der Waals surface area contributed by atoms with Gasteiger partial charge in [0.1, 0.15) is 5.56 Å². The third-order valence-electron chi connectivity index (χ3n) is 4.54. The molecule has 0 aliphatic heterocycles. The fraction of sp³-hybridized carbons (Fsp3) is 0.650. The highest BCUT2D eigenvalue weighted by molar-refractivity contribution is 6.17. The Hall–Kier alpha value is -1.42. The Labute approximate surface area is 155 Å². The topological polar surface area (TPSA) is 77.8 Å². The summed E-state index contributed by atoms with van der Waals surface area (Å²) >= 11 is 5.65. The van der Waals surface area contributed by atoms with Crippen LogP contribution in [-0.2, 0) is 6.42 Å². The van der Waals surface area contributed by atoms with Gasteiger partial charge >= 0.3 is 5.97 Å². The van der Waals surface area contributed by atoms with E-state index < -0.39 is 11.7 Å². The van der Waals surface area contributed by atoms with Crippen molar-refractivity contribution in [2.75, 3.05) is 5.88 Å². The summed E-state index contributed by atoms with van der Waals surface area (Å²) in [6.45, 7) is 0. The number of aromatic carboxylic acids is 1. The molecule has 3 N–H and O–H groups in total. The van der Waals surface area contributed by atoms with E-state index in [0.29, 0.717) is 12.0 Å². The molecule has 25 heavy (non-hydrogen) atoms. The second-order valence-corrected chi connectivity index (χ2v) is 6.98. The highest BCUT2D eigenvalue weighted by atomic mass is 35.5. The number of hydrogen-bond acceptors (Lipinski definition) is 3. The molecule has 0 spiro atoms. The van der Waals surface area contributed by atoms with Gasteiger partial charge in [0.2, 0.25) is 0 Å². The number of benzene rings is 1. The highest BCUT2D eigenvalue weighted by Gasteiger charge is 2.18. The molecule has 0 aliphatic carbocycles. The molecule has 5 heteroatoms. The van der Waals surface area contributed by atoms with Crippen LogP contribution in [0, 0.1) is 0 Å². The van der Waals surface area contributed by atoms with E-state index in [0.717, 1.165) is 31.6 Å². The Morgan fingerprint density at radius 3 is 1.76 bits per heavy atom. The van der Waals surface area contributed by atoms with Crippen molar-refractivity contribution in [3.05, 3.63) is 23.3 Å². The van der Waals surface area contributed by atoms with E-state index in [9.17, 15) is 20.1 Å². The van der Waals surface area contributed by atoms with Crippen molar-refractivity contribution in [3.8, 4) is 11.5 Å². The van der Waals surface area contributed by atoms with Crippen LogP contribution in [0.5, 0.6) is 11.5 Å². The van der Waals surface area contributed by atoms with Gasteiger partial charge in [0.05, 0.1) is 0 Å². The molecule has 0 aliphatic rings. The SMILES string of the molecule is O=C(O)c1c(CCCCCCCCCCCCCCl)ccc(O)c1O. The normalized spacial score (nSPS) is 10.9. The molecule has 0 aromatic heterocycles. The number of carboxylic acids is 1. The van der Waals surface area contributed by atoms with Gasteiger partial charge in [-0.05, 0) is 30.9 Å². The summed E-state index contributed by atoms with van der Waals surface area (Å²) in [6.07, 6.45) is 13.7. The van der Waals surface area contributed by atoms with Crippen molar-refractivity contribution in [1.82, 2.24) is 0 Å². The molecule has 0 bridgehead atoms. The van der Waals surface area contributed by atoms with Crippen molar-refractivity contribution < 1.29 is 20.1 Å². The van der Waals surface area contributed by atoms with Gasteiger partial charge in [-0.2, -0.15) is 0 Å². The lowest BCUT2D eigenvalue weighted by molar-refractivity contribution is 0.0691. The average Bonchev–Trinajstić information content (AvgIpc) is 2.58. The highest BCUT2D eigenvalue weighted by Crippen LogP contribution is 2.32. The summed E-state index contributed by atoms with van der Waals surface area (Å²) in [5.41, 5.74) is 0.411. The lowest BCUT2D eigenvalue weighted by atomic mass is 9.99. The molecule has 1 aromatic carbocycles. The number of unbranched alkanes of at least 4 members (excludes halogenated alkanes) is 10. The van der Waals surface area contributed by atoms with E-state index in [1.165, 1.54) is 51.0 Å². The van der Waals surface area contributed by atoms with Crippen LogP contribution in [0.2, 0.25) is 0 Å². The molecule has 142 valence electrons. The Morgan fingerprint density at radius 1 is 0.800 bits per heavy atom. The Kier molecular flexibility index (Phi) is 11.1. The van der Waals surface area contributed by atoms with Gasteiger partial charge in [-0.3, -0.25) is 0 Å². The second-order valence-electron chi connectivity index (χ2n) is 6.60. The van der Waals surface area contributed by atoms with Crippen LogP contribution in [0.1, 0.15) is 86.6 Å². The molecule has 0 radical (unpaired) electrons. The maximum Gasteiger partial charge on any atom is 0.339 e. The van der Waals surface area contributed by atoms with Crippen molar-refractivity contribution in [3.63, 3.8) is 0 Å². The van der Waals surface area contributed by atoms with Crippen LogP contribution < -0.4 is 0 Å². The van der Waals surface area contributed by atoms with Crippen LogP contribution in [0.3, 0.4) is 0 Å². The first kappa shape index (κ1) is 21.6. The molecular formula is C20H31ClO4. The van der Waals surface area contributed by atoms with E-state index in [2.05, 4.69) is 0 Å². The van der Waals surface area contributed by atoms with Gasteiger partial charge in [0, 0.05) is 5.88 Å². The summed E-state index contributed by atoms with van der Waals surface area (Å²) in [5, 5.41) is 28.3. The quantitative estimate of drug-likeness (QED) is 0.217. The van der Waals surface area contributed by atoms with Crippen LogP contribution in [-0.4, -0.2) is 27.2 Å². The van der Waals surface area contributed by atoms with E-state index in [-0.39, 0.29) is 11.3 Å². The maximum atomic E-state index is 11.2. The number of carbonyl (C=O) groups is 1. The largest absolute Gasteiger partial charge is 0.504 e. The molecule has 0 heterocycles. The molecule has 0 saturated carbocycles.